The van der Waals surface area contributed by atoms with E-state index in [-0.39, 0.29) is 11.3 Å². The molecule has 1 aliphatic heterocycles. The Balaban J connectivity index is 1.40. The Morgan fingerprint density at radius 2 is 1.60 bits per heavy atom. The second-order valence-electron chi connectivity index (χ2n) is 9.01. The van der Waals surface area contributed by atoms with Crippen LogP contribution in [-0.4, -0.2) is 28.9 Å². The third-order valence-corrected chi connectivity index (χ3v) is 6.44. The van der Waals surface area contributed by atoms with Crippen molar-refractivity contribution in [3.05, 3.63) is 114 Å². The molecule has 1 amide bonds. The van der Waals surface area contributed by atoms with Gasteiger partial charge in [0.1, 0.15) is 5.69 Å². The lowest BCUT2D eigenvalue weighted by atomic mass is 9.84. The Labute approximate surface area is 205 Å². The van der Waals surface area contributed by atoms with Crippen molar-refractivity contribution in [2.24, 2.45) is 5.10 Å². The van der Waals surface area contributed by atoms with Crippen molar-refractivity contribution in [3.8, 4) is 16.9 Å². The number of rotatable bonds is 5. The average molecular weight is 462 g/mol. The zero-order valence-corrected chi connectivity index (χ0v) is 20.0. The van der Waals surface area contributed by atoms with Gasteiger partial charge in [0.2, 0.25) is 0 Å². The Kier molecular flexibility index (Phi) is 5.79. The van der Waals surface area contributed by atoms with Gasteiger partial charge in [0.05, 0.1) is 11.3 Å². The summed E-state index contributed by atoms with van der Waals surface area (Å²) >= 11 is 0. The maximum atomic E-state index is 13.1. The van der Waals surface area contributed by atoms with Crippen LogP contribution in [0.5, 0.6) is 0 Å². The number of carbonyl (C=O) groups is 1. The fraction of sp³-hybridized carbons (Fsp3) is 0.138. The van der Waals surface area contributed by atoms with Crippen LogP contribution < -0.4 is 10.3 Å². The highest BCUT2D eigenvalue weighted by Crippen LogP contribution is 2.46. The molecule has 1 aliphatic rings. The molecular weight excluding hydrogens is 434 g/mol. The quantitative estimate of drug-likeness (QED) is 0.312. The van der Waals surface area contributed by atoms with Gasteiger partial charge in [-0.25, -0.2) is 10.1 Å². The molecule has 2 heterocycles. The summed E-state index contributed by atoms with van der Waals surface area (Å²) in [6.07, 6.45) is 5.33. The molecule has 0 saturated heterocycles. The van der Waals surface area contributed by atoms with Gasteiger partial charge in [-0.05, 0) is 29.8 Å². The maximum absolute atomic E-state index is 13.1. The standard InChI is InChI=1S/C29H27N5O/c1-29(2)24-16-10-11-17-25(24)33(3)26(29)18-19-30-31-28(35)23-20-34(22-14-8-5-9-15-22)32-27(23)21-12-6-4-7-13-21/h4-20H,1-3H3,(H,31,35)/b26-18-,30-19+. The first-order valence-electron chi connectivity index (χ1n) is 11.5. The van der Waals surface area contributed by atoms with Gasteiger partial charge in [-0.1, -0.05) is 80.6 Å². The van der Waals surface area contributed by atoms with Crippen LogP contribution in [0, 0.1) is 0 Å². The molecule has 6 nitrogen and oxygen atoms in total. The molecule has 3 aromatic carbocycles. The van der Waals surface area contributed by atoms with E-state index in [1.54, 1.807) is 17.1 Å². The van der Waals surface area contributed by atoms with Crippen LogP contribution in [0.15, 0.2) is 108 Å². The average Bonchev–Trinajstić information content (AvgIpc) is 3.42. The minimum absolute atomic E-state index is 0.154. The number of benzene rings is 3. The highest BCUT2D eigenvalue weighted by atomic mass is 16.2. The molecule has 174 valence electrons. The van der Waals surface area contributed by atoms with E-state index in [0.717, 1.165) is 16.9 Å². The number of carbonyl (C=O) groups excluding carboxylic acids is 1. The minimum atomic E-state index is -0.317. The zero-order chi connectivity index (χ0) is 24.4. The van der Waals surface area contributed by atoms with E-state index in [9.17, 15) is 4.79 Å². The fourth-order valence-corrected chi connectivity index (χ4v) is 4.63. The summed E-state index contributed by atoms with van der Waals surface area (Å²) < 4.78 is 1.72. The fourth-order valence-electron chi connectivity index (χ4n) is 4.63. The first-order valence-corrected chi connectivity index (χ1v) is 11.5. The molecule has 0 saturated carbocycles. The third-order valence-electron chi connectivity index (χ3n) is 6.44. The molecule has 0 atom stereocenters. The van der Waals surface area contributed by atoms with E-state index in [0.29, 0.717) is 11.3 Å². The first kappa shape index (κ1) is 22.3. The van der Waals surface area contributed by atoms with Gasteiger partial charge in [0.15, 0.2) is 0 Å². The lowest BCUT2D eigenvalue weighted by Crippen LogP contribution is -2.23. The van der Waals surface area contributed by atoms with Crippen LogP contribution in [-0.2, 0) is 5.41 Å². The molecule has 0 bridgehead atoms. The van der Waals surface area contributed by atoms with Gasteiger partial charge in [-0.2, -0.15) is 10.2 Å². The van der Waals surface area contributed by atoms with Crippen LogP contribution in [0.25, 0.3) is 16.9 Å². The van der Waals surface area contributed by atoms with E-state index >= 15 is 0 Å². The summed E-state index contributed by atoms with van der Waals surface area (Å²) in [5.41, 5.74) is 8.89. The third kappa shape index (κ3) is 4.15. The van der Waals surface area contributed by atoms with E-state index < -0.39 is 0 Å². The predicted octanol–water partition coefficient (Wildman–Crippen LogP) is 5.57. The summed E-state index contributed by atoms with van der Waals surface area (Å²) in [7, 11) is 2.05. The number of hydrogen-bond donors (Lipinski definition) is 1. The highest BCUT2D eigenvalue weighted by Gasteiger charge is 2.37. The summed E-state index contributed by atoms with van der Waals surface area (Å²) in [6, 6.07) is 27.8. The lowest BCUT2D eigenvalue weighted by molar-refractivity contribution is 0.0955. The number of para-hydroxylation sites is 2. The number of nitrogens with zero attached hydrogens (tertiary/aromatic N) is 4. The maximum Gasteiger partial charge on any atom is 0.275 e. The van der Waals surface area contributed by atoms with Crippen molar-refractivity contribution in [2.45, 2.75) is 19.3 Å². The van der Waals surface area contributed by atoms with Gasteiger partial charge in [0, 0.05) is 41.8 Å². The normalized spacial score (nSPS) is 15.5. The SMILES string of the molecule is CN1/C(=C\C=N\NC(=O)c2cn(-c3ccccc3)nc2-c2ccccc2)C(C)(C)c2ccccc21. The second-order valence-corrected chi connectivity index (χ2v) is 9.01. The number of hydrazone groups is 1. The Bertz CT molecular complexity index is 1420. The smallest absolute Gasteiger partial charge is 0.275 e. The molecular formula is C29H27N5O. The number of anilines is 1. The molecule has 5 rings (SSSR count). The van der Waals surface area contributed by atoms with Crippen LogP contribution in [0.1, 0.15) is 29.8 Å². The number of hydrogen-bond acceptors (Lipinski definition) is 4. The van der Waals surface area contributed by atoms with Crippen molar-refractivity contribution < 1.29 is 4.79 Å². The van der Waals surface area contributed by atoms with Gasteiger partial charge in [0.25, 0.3) is 5.91 Å². The first-order chi connectivity index (χ1) is 17.0. The predicted molar refractivity (Wildman–Crippen MR) is 141 cm³/mol. The van der Waals surface area contributed by atoms with Crippen molar-refractivity contribution in [1.82, 2.24) is 15.2 Å². The number of likely N-dealkylation sites (N-methyl/N-ethyl adjacent to an activating group) is 1. The molecule has 6 heteroatoms. The van der Waals surface area contributed by atoms with E-state index in [4.69, 9.17) is 5.10 Å². The van der Waals surface area contributed by atoms with Gasteiger partial charge >= 0.3 is 0 Å². The number of allylic oxidation sites excluding steroid dienone is 2. The Morgan fingerprint density at radius 1 is 0.943 bits per heavy atom. The lowest BCUT2D eigenvalue weighted by Gasteiger charge is -2.23. The summed E-state index contributed by atoms with van der Waals surface area (Å²) in [5.74, 6) is -0.317. The number of aromatic nitrogens is 2. The molecule has 1 aromatic heterocycles. The van der Waals surface area contributed by atoms with Crippen molar-refractivity contribution >= 4 is 17.8 Å². The molecule has 0 fully saturated rings. The van der Waals surface area contributed by atoms with E-state index in [2.05, 4.69) is 54.5 Å². The second kappa shape index (κ2) is 9.06. The molecule has 1 N–H and O–H groups in total. The van der Waals surface area contributed by atoms with Crippen LogP contribution in [0.3, 0.4) is 0 Å². The molecule has 35 heavy (non-hydrogen) atoms. The zero-order valence-electron chi connectivity index (χ0n) is 20.0. The monoisotopic (exact) mass is 461 g/mol. The molecule has 0 spiro atoms. The Hall–Kier alpha value is -4.45. The van der Waals surface area contributed by atoms with Gasteiger partial charge in [-0.3, -0.25) is 4.79 Å². The molecule has 0 radical (unpaired) electrons. The largest absolute Gasteiger partial charge is 0.347 e. The van der Waals surface area contributed by atoms with Gasteiger partial charge < -0.3 is 4.90 Å². The Morgan fingerprint density at radius 3 is 2.31 bits per heavy atom. The topological polar surface area (TPSA) is 62.5 Å². The number of nitrogens with one attached hydrogen (secondary N) is 1. The number of amides is 1. The van der Waals surface area contributed by atoms with Crippen LogP contribution in [0.2, 0.25) is 0 Å². The van der Waals surface area contributed by atoms with Crippen molar-refractivity contribution in [1.29, 1.82) is 0 Å². The molecule has 4 aromatic rings. The molecule has 0 unspecified atom stereocenters. The molecule has 0 aliphatic carbocycles. The van der Waals surface area contributed by atoms with E-state index in [1.807, 2.05) is 72.8 Å². The van der Waals surface area contributed by atoms with Crippen molar-refractivity contribution in [3.63, 3.8) is 0 Å². The van der Waals surface area contributed by atoms with E-state index in [1.165, 1.54) is 11.3 Å². The van der Waals surface area contributed by atoms with Crippen molar-refractivity contribution in [2.75, 3.05) is 11.9 Å². The van der Waals surface area contributed by atoms with Gasteiger partial charge in [-0.15, -0.1) is 0 Å². The summed E-state index contributed by atoms with van der Waals surface area (Å²) in [6.45, 7) is 4.38. The summed E-state index contributed by atoms with van der Waals surface area (Å²) in [4.78, 5) is 15.3. The summed E-state index contributed by atoms with van der Waals surface area (Å²) in [5, 5.41) is 8.93. The minimum Gasteiger partial charge on any atom is -0.347 e. The van der Waals surface area contributed by atoms with Crippen LogP contribution in [0.4, 0.5) is 5.69 Å². The number of fused-ring (bicyclic) bond motifs is 1. The highest BCUT2D eigenvalue weighted by molar-refractivity contribution is 6.00. The van der Waals surface area contributed by atoms with Crippen LogP contribution >= 0.6 is 0 Å².